The van der Waals surface area contributed by atoms with Gasteiger partial charge in [0.15, 0.2) is 5.96 Å². The van der Waals surface area contributed by atoms with Gasteiger partial charge < -0.3 is 15.5 Å². The van der Waals surface area contributed by atoms with Gasteiger partial charge in [0, 0.05) is 38.8 Å². The molecule has 9 heteroatoms. The first kappa shape index (κ1) is 24.0. The number of aliphatic imine (C=N–C) groups is 1. The molecule has 1 aliphatic rings. The Morgan fingerprint density at radius 3 is 2.70 bits per heavy atom. The van der Waals surface area contributed by atoms with Crippen molar-refractivity contribution in [1.29, 1.82) is 5.26 Å². The topological polar surface area (TPSA) is 101 Å². The third kappa shape index (κ3) is 6.61. The highest BCUT2D eigenvalue weighted by Gasteiger charge is 2.23. The number of nitrogens with zero attached hydrogens (tertiary/aromatic N) is 4. The number of guanidine groups is 1. The maximum Gasteiger partial charge on any atom is 0.215 e. The van der Waals surface area contributed by atoms with E-state index in [-0.39, 0.29) is 18.3 Å². The van der Waals surface area contributed by atoms with Gasteiger partial charge in [-0.3, -0.25) is 4.99 Å². The molecule has 1 saturated heterocycles. The molecule has 1 aliphatic heterocycles. The molecule has 1 heterocycles. The van der Waals surface area contributed by atoms with E-state index in [1.165, 1.54) is 4.31 Å². The van der Waals surface area contributed by atoms with Crippen LogP contribution in [-0.4, -0.2) is 69.7 Å². The van der Waals surface area contributed by atoms with Crippen LogP contribution in [0, 0.1) is 11.3 Å². The Hall–Kier alpha value is -2.31. The van der Waals surface area contributed by atoms with Crippen molar-refractivity contribution in [2.45, 2.75) is 39.7 Å². The van der Waals surface area contributed by atoms with Crippen molar-refractivity contribution in [2.24, 2.45) is 4.99 Å². The van der Waals surface area contributed by atoms with Crippen LogP contribution in [0.25, 0.3) is 0 Å². The monoisotopic (exact) mass is 434 g/mol. The lowest BCUT2D eigenvalue weighted by Crippen LogP contribution is -2.51. The Kier molecular flexibility index (Phi) is 9.40. The van der Waals surface area contributed by atoms with E-state index in [1.807, 2.05) is 45.0 Å². The van der Waals surface area contributed by atoms with Crippen LogP contribution in [0.15, 0.2) is 29.3 Å². The molecule has 2 N–H and O–H groups in total. The molecule has 1 fully saturated rings. The lowest BCUT2D eigenvalue weighted by Gasteiger charge is -2.35. The van der Waals surface area contributed by atoms with Crippen LogP contribution in [0.1, 0.15) is 39.2 Å². The first-order valence-corrected chi connectivity index (χ1v) is 12.3. The summed E-state index contributed by atoms with van der Waals surface area (Å²) >= 11 is 0. The Morgan fingerprint density at radius 1 is 1.30 bits per heavy atom. The summed E-state index contributed by atoms with van der Waals surface area (Å²) in [6, 6.07) is 10.1. The summed E-state index contributed by atoms with van der Waals surface area (Å²) in [6.07, 6.45) is 2.00. The van der Waals surface area contributed by atoms with Crippen LogP contribution in [-0.2, 0) is 10.0 Å². The van der Waals surface area contributed by atoms with Crippen molar-refractivity contribution >= 4 is 21.7 Å². The highest BCUT2D eigenvalue weighted by Crippen LogP contribution is 2.23. The Morgan fingerprint density at radius 2 is 2.03 bits per heavy atom. The van der Waals surface area contributed by atoms with Crippen LogP contribution >= 0.6 is 0 Å². The first-order valence-electron chi connectivity index (χ1n) is 10.7. The fraction of sp³-hybridized carbons (Fsp3) is 0.619. The number of nitrogens with one attached hydrogen (secondary N) is 2. The molecule has 0 aromatic heterocycles. The summed E-state index contributed by atoms with van der Waals surface area (Å²) in [6.45, 7) is 9.20. The molecule has 8 nitrogen and oxygen atoms in total. The first-order chi connectivity index (χ1) is 14.4. The van der Waals surface area contributed by atoms with Crippen molar-refractivity contribution in [2.75, 3.05) is 49.9 Å². The molecular weight excluding hydrogens is 400 g/mol. The van der Waals surface area contributed by atoms with E-state index in [0.717, 1.165) is 31.6 Å². The SMILES string of the molecule is CCNC(=NCCS(=O)(=O)N(CC)CC)NC1CCCN(c2ccccc2C#N)C1. The molecule has 1 aromatic rings. The fourth-order valence-electron chi connectivity index (χ4n) is 3.69. The Labute approximate surface area is 181 Å². The summed E-state index contributed by atoms with van der Waals surface area (Å²) in [5, 5.41) is 16.0. The number of rotatable bonds is 9. The third-order valence-electron chi connectivity index (χ3n) is 5.19. The van der Waals surface area contributed by atoms with Gasteiger partial charge in [0.05, 0.1) is 23.5 Å². The molecule has 2 rings (SSSR count). The van der Waals surface area contributed by atoms with Crippen LogP contribution in [0.5, 0.6) is 0 Å². The Bertz CT molecular complexity index is 845. The summed E-state index contributed by atoms with van der Waals surface area (Å²) in [4.78, 5) is 6.72. The van der Waals surface area contributed by atoms with E-state index >= 15 is 0 Å². The summed E-state index contributed by atoms with van der Waals surface area (Å²) in [7, 11) is -3.29. The van der Waals surface area contributed by atoms with Gasteiger partial charge in [0.2, 0.25) is 10.0 Å². The van der Waals surface area contributed by atoms with Gasteiger partial charge >= 0.3 is 0 Å². The summed E-state index contributed by atoms with van der Waals surface area (Å²) < 4.78 is 26.2. The van der Waals surface area contributed by atoms with E-state index in [9.17, 15) is 13.7 Å². The van der Waals surface area contributed by atoms with Crippen LogP contribution < -0.4 is 15.5 Å². The lowest BCUT2D eigenvalue weighted by atomic mass is 10.0. The van der Waals surface area contributed by atoms with Crippen LogP contribution in [0.4, 0.5) is 5.69 Å². The molecule has 1 atom stereocenters. The number of hydrogen-bond donors (Lipinski definition) is 2. The van der Waals surface area contributed by atoms with E-state index in [2.05, 4.69) is 26.6 Å². The second-order valence-electron chi connectivity index (χ2n) is 7.22. The van der Waals surface area contributed by atoms with Gasteiger partial charge in [-0.25, -0.2) is 12.7 Å². The lowest BCUT2D eigenvalue weighted by molar-refractivity contribution is 0.445. The number of hydrogen-bond acceptors (Lipinski definition) is 5. The molecule has 0 amide bonds. The normalized spacial score (nSPS) is 17.6. The average Bonchev–Trinajstić information content (AvgIpc) is 2.74. The van der Waals surface area contributed by atoms with Gasteiger partial charge in [0.1, 0.15) is 6.07 Å². The molecule has 0 aliphatic carbocycles. The average molecular weight is 435 g/mol. The zero-order chi connectivity index (χ0) is 22.0. The highest BCUT2D eigenvalue weighted by molar-refractivity contribution is 7.89. The van der Waals surface area contributed by atoms with E-state index in [0.29, 0.717) is 31.2 Å². The van der Waals surface area contributed by atoms with E-state index in [4.69, 9.17) is 0 Å². The summed E-state index contributed by atoms with van der Waals surface area (Å²) in [5.41, 5.74) is 1.64. The number of benzene rings is 1. The Balaban J connectivity index is 2.02. The predicted octanol–water partition coefficient (Wildman–Crippen LogP) is 1.75. The molecule has 1 aromatic carbocycles. The summed E-state index contributed by atoms with van der Waals surface area (Å²) in [5.74, 6) is 0.630. The molecule has 30 heavy (non-hydrogen) atoms. The number of sulfonamides is 1. The van der Waals surface area contributed by atoms with Crippen molar-refractivity contribution in [3.05, 3.63) is 29.8 Å². The van der Waals surface area contributed by atoms with Crippen LogP contribution in [0.2, 0.25) is 0 Å². The van der Waals surface area contributed by atoms with Gasteiger partial charge in [-0.15, -0.1) is 0 Å². The van der Waals surface area contributed by atoms with Gasteiger partial charge in [-0.05, 0) is 31.9 Å². The molecular formula is C21H34N6O2S. The zero-order valence-corrected chi connectivity index (χ0v) is 19.1. The minimum atomic E-state index is -3.29. The third-order valence-corrected chi connectivity index (χ3v) is 7.19. The fourth-order valence-corrected chi connectivity index (χ4v) is 5.06. The van der Waals surface area contributed by atoms with Crippen molar-refractivity contribution in [3.8, 4) is 6.07 Å². The van der Waals surface area contributed by atoms with Gasteiger partial charge in [-0.1, -0.05) is 26.0 Å². The zero-order valence-electron chi connectivity index (χ0n) is 18.3. The molecule has 0 saturated carbocycles. The minimum absolute atomic E-state index is 0.00239. The maximum atomic E-state index is 12.4. The minimum Gasteiger partial charge on any atom is -0.368 e. The number of piperidine rings is 1. The maximum absolute atomic E-state index is 12.4. The van der Waals surface area contributed by atoms with Crippen molar-refractivity contribution < 1.29 is 8.42 Å². The quantitative estimate of drug-likeness (QED) is 0.454. The number of nitriles is 1. The largest absolute Gasteiger partial charge is 0.368 e. The van der Waals surface area contributed by atoms with Crippen molar-refractivity contribution in [3.63, 3.8) is 0 Å². The molecule has 0 bridgehead atoms. The second kappa shape index (κ2) is 11.8. The van der Waals surface area contributed by atoms with Gasteiger partial charge in [0.25, 0.3) is 0 Å². The highest BCUT2D eigenvalue weighted by atomic mass is 32.2. The van der Waals surface area contributed by atoms with Gasteiger partial charge in [-0.2, -0.15) is 5.26 Å². The second-order valence-corrected chi connectivity index (χ2v) is 9.31. The van der Waals surface area contributed by atoms with E-state index < -0.39 is 10.0 Å². The molecule has 1 unspecified atom stereocenters. The van der Waals surface area contributed by atoms with E-state index in [1.54, 1.807) is 0 Å². The molecule has 166 valence electrons. The standard InChI is InChI=1S/C21H34N6O2S/c1-4-23-21(24-13-15-30(28,29)27(5-2)6-3)25-19-11-9-14-26(17-19)20-12-8-7-10-18(20)16-22/h7-8,10,12,19H,4-6,9,11,13-15,17H2,1-3H3,(H2,23,24,25). The predicted molar refractivity (Wildman–Crippen MR) is 122 cm³/mol. The van der Waals surface area contributed by atoms with Crippen molar-refractivity contribution in [1.82, 2.24) is 14.9 Å². The molecule has 0 radical (unpaired) electrons. The van der Waals surface area contributed by atoms with Crippen LogP contribution in [0.3, 0.4) is 0 Å². The number of anilines is 1. The smallest absolute Gasteiger partial charge is 0.215 e. The number of para-hydroxylation sites is 1. The molecule has 0 spiro atoms.